The van der Waals surface area contributed by atoms with Crippen molar-refractivity contribution >= 4 is 5.97 Å². The summed E-state index contributed by atoms with van der Waals surface area (Å²) >= 11 is 0. The van der Waals surface area contributed by atoms with Gasteiger partial charge in [0.2, 0.25) is 0 Å². The second-order valence-electron chi connectivity index (χ2n) is 2.94. The summed E-state index contributed by atoms with van der Waals surface area (Å²) in [5, 5.41) is 0. The largest absolute Gasteiger partial charge is 0.469 e. The fraction of sp³-hybridized carbons (Fsp3) is 0.889. The molecule has 1 unspecified atom stereocenters. The maximum absolute atomic E-state index is 11.2. The molecule has 0 aromatic heterocycles. The predicted octanol–water partition coefficient (Wildman–Crippen LogP) is 1.17. The molecule has 3 heteroatoms. The van der Waals surface area contributed by atoms with Gasteiger partial charge in [0, 0.05) is 6.54 Å². The van der Waals surface area contributed by atoms with E-state index in [1.54, 1.807) is 0 Å². The van der Waals surface area contributed by atoms with Crippen molar-refractivity contribution in [1.82, 2.24) is 0 Å². The Morgan fingerprint density at radius 1 is 1.42 bits per heavy atom. The molecular weight excluding hydrogens is 154 g/mol. The summed E-state index contributed by atoms with van der Waals surface area (Å²) in [5.41, 5.74) is 5.50. The molecule has 0 spiro atoms. The molecule has 12 heavy (non-hydrogen) atoms. The van der Waals surface area contributed by atoms with Gasteiger partial charge in [-0.2, -0.15) is 0 Å². The molecule has 0 aromatic carbocycles. The molecule has 3 nitrogen and oxygen atoms in total. The number of methoxy groups -OCH3 is 1. The average Bonchev–Trinajstić information content (AvgIpc) is 2.12. The summed E-state index contributed by atoms with van der Waals surface area (Å²) in [5.74, 6) is 0.0682. The average molecular weight is 173 g/mol. The van der Waals surface area contributed by atoms with E-state index in [2.05, 4.69) is 18.6 Å². The number of esters is 1. The highest BCUT2D eigenvalue weighted by molar-refractivity contribution is 5.72. The Balaban J connectivity index is 4.19. The maximum Gasteiger partial charge on any atom is 0.310 e. The second-order valence-corrected chi connectivity index (χ2v) is 2.94. The lowest BCUT2D eigenvalue weighted by atomic mass is 9.88. The topological polar surface area (TPSA) is 52.3 Å². The van der Waals surface area contributed by atoms with Crippen molar-refractivity contribution in [1.29, 1.82) is 0 Å². The van der Waals surface area contributed by atoms with E-state index in [0.29, 0.717) is 12.5 Å². The van der Waals surface area contributed by atoms with Gasteiger partial charge in [-0.05, 0) is 5.92 Å². The molecule has 0 saturated carbocycles. The molecule has 0 radical (unpaired) electrons. The van der Waals surface area contributed by atoms with Crippen LogP contribution >= 0.6 is 0 Å². The summed E-state index contributed by atoms with van der Waals surface area (Å²) in [7, 11) is 1.41. The van der Waals surface area contributed by atoms with Crippen molar-refractivity contribution in [3.63, 3.8) is 0 Å². The van der Waals surface area contributed by atoms with Gasteiger partial charge in [0.15, 0.2) is 0 Å². The molecule has 0 aromatic rings. The van der Waals surface area contributed by atoms with Crippen LogP contribution in [0, 0.1) is 11.8 Å². The highest BCUT2D eigenvalue weighted by atomic mass is 16.5. The van der Waals surface area contributed by atoms with Crippen molar-refractivity contribution in [2.45, 2.75) is 26.7 Å². The molecule has 0 aliphatic carbocycles. The third kappa shape index (κ3) is 2.81. The number of carbonyl (C=O) groups is 1. The van der Waals surface area contributed by atoms with E-state index in [9.17, 15) is 4.79 Å². The Labute approximate surface area is 74.3 Å². The van der Waals surface area contributed by atoms with Gasteiger partial charge < -0.3 is 10.5 Å². The third-order valence-corrected chi connectivity index (χ3v) is 2.38. The third-order valence-electron chi connectivity index (χ3n) is 2.38. The Morgan fingerprint density at radius 3 is 2.17 bits per heavy atom. The van der Waals surface area contributed by atoms with Crippen LogP contribution in [-0.2, 0) is 9.53 Å². The molecule has 0 bridgehead atoms. The Bertz CT molecular complexity index is 132. The molecule has 0 heterocycles. The maximum atomic E-state index is 11.2. The van der Waals surface area contributed by atoms with Crippen LogP contribution in [0.1, 0.15) is 26.7 Å². The molecule has 0 aliphatic heterocycles. The van der Waals surface area contributed by atoms with Crippen molar-refractivity contribution in [2.24, 2.45) is 17.6 Å². The first-order valence-corrected chi connectivity index (χ1v) is 4.49. The number of nitrogens with two attached hydrogens (primary N) is 1. The van der Waals surface area contributed by atoms with Crippen LogP contribution in [0.15, 0.2) is 0 Å². The van der Waals surface area contributed by atoms with Crippen LogP contribution in [0.3, 0.4) is 0 Å². The SMILES string of the molecule is CCC(CC)C(CN)C(=O)OC. The minimum atomic E-state index is -0.175. The highest BCUT2D eigenvalue weighted by Gasteiger charge is 2.24. The number of rotatable bonds is 5. The van der Waals surface area contributed by atoms with Crippen molar-refractivity contribution in [2.75, 3.05) is 13.7 Å². The van der Waals surface area contributed by atoms with Crippen LogP contribution < -0.4 is 5.73 Å². The zero-order chi connectivity index (χ0) is 9.56. The zero-order valence-corrected chi connectivity index (χ0v) is 8.17. The van der Waals surface area contributed by atoms with Gasteiger partial charge in [-0.1, -0.05) is 26.7 Å². The molecule has 1 atom stereocenters. The standard InChI is InChI=1S/C9H19NO2/c1-4-7(5-2)8(6-10)9(11)12-3/h7-8H,4-6,10H2,1-3H3. The summed E-state index contributed by atoms with van der Waals surface area (Å²) < 4.78 is 4.67. The van der Waals surface area contributed by atoms with Crippen LogP contribution in [-0.4, -0.2) is 19.6 Å². The van der Waals surface area contributed by atoms with E-state index in [4.69, 9.17) is 5.73 Å². The molecule has 0 amide bonds. The van der Waals surface area contributed by atoms with E-state index in [1.165, 1.54) is 7.11 Å². The van der Waals surface area contributed by atoms with E-state index >= 15 is 0 Å². The van der Waals surface area contributed by atoms with E-state index in [1.807, 2.05) is 0 Å². The quantitative estimate of drug-likeness (QED) is 0.635. The smallest absolute Gasteiger partial charge is 0.310 e. The van der Waals surface area contributed by atoms with Crippen LogP contribution in [0.5, 0.6) is 0 Å². The van der Waals surface area contributed by atoms with Gasteiger partial charge in [0.25, 0.3) is 0 Å². The first-order chi connectivity index (χ1) is 5.71. The lowest BCUT2D eigenvalue weighted by molar-refractivity contribution is -0.147. The lowest BCUT2D eigenvalue weighted by Crippen LogP contribution is -2.31. The summed E-state index contributed by atoms with van der Waals surface area (Å²) in [6.45, 7) is 4.53. The molecular formula is C9H19NO2. The Hall–Kier alpha value is -0.570. The van der Waals surface area contributed by atoms with Crippen LogP contribution in [0.2, 0.25) is 0 Å². The molecule has 0 fully saturated rings. The molecule has 72 valence electrons. The summed E-state index contributed by atoms with van der Waals surface area (Å²) in [6, 6.07) is 0. The van der Waals surface area contributed by atoms with Crippen LogP contribution in [0.25, 0.3) is 0 Å². The van der Waals surface area contributed by atoms with E-state index < -0.39 is 0 Å². The Morgan fingerprint density at radius 2 is 1.92 bits per heavy atom. The van der Waals surface area contributed by atoms with Crippen molar-refractivity contribution < 1.29 is 9.53 Å². The van der Waals surface area contributed by atoms with Crippen molar-refractivity contribution in [3.05, 3.63) is 0 Å². The van der Waals surface area contributed by atoms with Gasteiger partial charge in [-0.15, -0.1) is 0 Å². The van der Waals surface area contributed by atoms with Crippen molar-refractivity contribution in [3.8, 4) is 0 Å². The molecule has 2 N–H and O–H groups in total. The second kappa shape index (κ2) is 6.00. The first kappa shape index (κ1) is 11.4. The van der Waals surface area contributed by atoms with Gasteiger partial charge in [-0.25, -0.2) is 0 Å². The zero-order valence-electron chi connectivity index (χ0n) is 8.17. The normalized spacial score (nSPS) is 13.1. The summed E-state index contributed by atoms with van der Waals surface area (Å²) in [6.07, 6.45) is 1.96. The molecule has 0 aliphatic rings. The number of hydrogen-bond donors (Lipinski definition) is 1. The predicted molar refractivity (Wildman–Crippen MR) is 48.6 cm³/mol. The number of ether oxygens (including phenoxy) is 1. The monoisotopic (exact) mass is 173 g/mol. The van der Waals surface area contributed by atoms with Gasteiger partial charge in [-0.3, -0.25) is 4.79 Å². The van der Waals surface area contributed by atoms with Gasteiger partial charge in [0.1, 0.15) is 0 Å². The number of hydrogen-bond acceptors (Lipinski definition) is 3. The Kier molecular flexibility index (Phi) is 5.72. The van der Waals surface area contributed by atoms with Gasteiger partial charge >= 0.3 is 5.97 Å². The number of carbonyl (C=O) groups excluding carboxylic acids is 1. The van der Waals surface area contributed by atoms with Crippen LogP contribution in [0.4, 0.5) is 0 Å². The van der Waals surface area contributed by atoms with Gasteiger partial charge in [0.05, 0.1) is 13.0 Å². The molecule has 0 saturated heterocycles. The highest BCUT2D eigenvalue weighted by Crippen LogP contribution is 2.19. The fourth-order valence-corrected chi connectivity index (χ4v) is 1.49. The minimum absolute atomic E-state index is 0.120. The van der Waals surface area contributed by atoms with E-state index in [-0.39, 0.29) is 11.9 Å². The van der Waals surface area contributed by atoms with E-state index in [0.717, 1.165) is 12.8 Å². The molecule has 0 rings (SSSR count). The minimum Gasteiger partial charge on any atom is -0.469 e. The fourth-order valence-electron chi connectivity index (χ4n) is 1.49. The first-order valence-electron chi connectivity index (χ1n) is 4.49. The lowest BCUT2D eigenvalue weighted by Gasteiger charge is -2.20. The summed E-state index contributed by atoms with van der Waals surface area (Å²) in [4.78, 5) is 11.2.